The number of rotatable bonds is 6. The van der Waals surface area contributed by atoms with E-state index in [1.807, 2.05) is 21.0 Å². The van der Waals surface area contributed by atoms with Gasteiger partial charge in [-0.3, -0.25) is 4.79 Å². The molecule has 0 spiro atoms. The van der Waals surface area contributed by atoms with Crippen molar-refractivity contribution in [2.24, 2.45) is 5.73 Å². The van der Waals surface area contributed by atoms with Gasteiger partial charge in [-0.2, -0.15) is 0 Å². The maximum Gasteiger partial charge on any atom is 0.236 e. The molecular weight excluding hydrogens is 178 g/mol. The van der Waals surface area contributed by atoms with Gasteiger partial charge in [0, 0.05) is 12.6 Å². The molecule has 0 bridgehead atoms. The van der Waals surface area contributed by atoms with Gasteiger partial charge in [-0.25, -0.2) is 0 Å². The van der Waals surface area contributed by atoms with Crippen molar-refractivity contribution in [3.05, 3.63) is 0 Å². The molecule has 4 heteroatoms. The summed E-state index contributed by atoms with van der Waals surface area (Å²) >= 11 is 0. The molecule has 0 aliphatic rings. The van der Waals surface area contributed by atoms with E-state index in [0.29, 0.717) is 12.6 Å². The molecule has 1 unspecified atom stereocenters. The molecule has 3 N–H and O–H groups in total. The molecule has 0 saturated carbocycles. The summed E-state index contributed by atoms with van der Waals surface area (Å²) < 4.78 is 0. The zero-order valence-electron chi connectivity index (χ0n) is 9.71. The van der Waals surface area contributed by atoms with Crippen LogP contribution < -0.4 is 11.1 Å². The molecule has 0 saturated heterocycles. The highest BCUT2D eigenvalue weighted by Gasteiger charge is 2.13. The van der Waals surface area contributed by atoms with Gasteiger partial charge < -0.3 is 16.0 Å². The first-order valence-electron chi connectivity index (χ1n) is 5.18. The lowest BCUT2D eigenvalue weighted by molar-refractivity contribution is -0.122. The van der Waals surface area contributed by atoms with E-state index in [4.69, 9.17) is 5.73 Å². The Morgan fingerprint density at radius 3 is 2.50 bits per heavy atom. The lowest BCUT2D eigenvalue weighted by Gasteiger charge is -2.21. The first-order valence-corrected chi connectivity index (χ1v) is 5.18. The molecule has 0 aromatic heterocycles. The summed E-state index contributed by atoms with van der Waals surface area (Å²) in [4.78, 5) is 13.5. The topological polar surface area (TPSA) is 58.4 Å². The van der Waals surface area contributed by atoms with Gasteiger partial charge in [0.1, 0.15) is 0 Å². The maximum absolute atomic E-state index is 11.4. The number of nitrogens with one attached hydrogen (secondary N) is 1. The molecule has 0 aliphatic heterocycles. The molecule has 84 valence electrons. The number of hydrogen-bond donors (Lipinski definition) is 2. The van der Waals surface area contributed by atoms with Gasteiger partial charge in [-0.1, -0.05) is 13.3 Å². The molecule has 0 rings (SSSR count). The van der Waals surface area contributed by atoms with E-state index in [1.165, 1.54) is 0 Å². The molecule has 4 nitrogen and oxygen atoms in total. The van der Waals surface area contributed by atoms with Gasteiger partial charge >= 0.3 is 0 Å². The summed E-state index contributed by atoms with van der Waals surface area (Å²) in [7, 11) is 3.98. The van der Waals surface area contributed by atoms with Crippen molar-refractivity contribution >= 4 is 5.91 Å². The summed E-state index contributed by atoms with van der Waals surface area (Å²) in [5.41, 5.74) is 5.66. The number of carbonyl (C=O) groups excluding carboxylic acids is 1. The zero-order valence-corrected chi connectivity index (χ0v) is 9.71. The van der Waals surface area contributed by atoms with E-state index < -0.39 is 0 Å². The monoisotopic (exact) mass is 201 g/mol. The normalized spacial score (nSPS) is 15.3. The second kappa shape index (κ2) is 6.79. The SMILES string of the molecule is CCC[C@@H](N)C(=O)NCC(C)N(C)C. The van der Waals surface area contributed by atoms with Crippen molar-refractivity contribution in [1.82, 2.24) is 10.2 Å². The smallest absolute Gasteiger partial charge is 0.236 e. The van der Waals surface area contributed by atoms with Crippen LogP contribution in [-0.4, -0.2) is 43.5 Å². The highest BCUT2D eigenvalue weighted by Crippen LogP contribution is 1.94. The molecule has 0 aromatic carbocycles. The van der Waals surface area contributed by atoms with E-state index in [9.17, 15) is 4.79 Å². The van der Waals surface area contributed by atoms with Gasteiger partial charge in [-0.05, 0) is 27.4 Å². The quantitative estimate of drug-likeness (QED) is 0.644. The number of carbonyl (C=O) groups is 1. The Kier molecular flexibility index (Phi) is 6.49. The molecule has 0 aromatic rings. The molecule has 0 fully saturated rings. The molecule has 2 atom stereocenters. The third kappa shape index (κ3) is 5.19. The Morgan fingerprint density at radius 2 is 2.07 bits per heavy atom. The molecule has 0 heterocycles. The fourth-order valence-electron chi connectivity index (χ4n) is 1.00. The minimum atomic E-state index is -0.352. The number of nitrogens with two attached hydrogens (primary N) is 1. The molecule has 1 amide bonds. The van der Waals surface area contributed by atoms with Crippen LogP contribution in [0, 0.1) is 0 Å². The van der Waals surface area contributed by atoms with Crippen molar-refractivity contribution in [3.63, 3.8) is 0 Å². The number of hydrogen-bond acceptors (Lipinski definition) is 3. The molecule has 14 heavy (non-hydrogen) atoms. The number of nitrogens with zero attached hydrogens (tertiary/aromatic N) is 1. The van der Waals surface area contributed by atoms with E-state index in [1.54, 1.807) is 0 Å². The average molecular weight is 201 g/mol. The third-order valence-corrected chi connectivity index (χ3v) is 2.39. The van der Waals surface area contributed by atoms with Crippen LogP contribution in [-0.2, 0) is 4.79 Å². The van der Waals surface area contributed by atoms with Crippen LogP contribution in [0.5, 0.6) is 0 Å². The Hall–Kier alpha value is -0.610. The Balaban J connectivity index is 3.73. The highest BCUT2D eigenvalue weighted by atomic mass is 16.2. The summed E-state index contributed by atoms with van der Waals surface area (Å²) in [6, 6.07) is -0.0119. The number of amides is 1. The van der Waals surface area contributed by atoms with Crippen molar-refractivity contribution in [2.45, 2.75) is 38.8 Å². The minimum absolute atomic E-state index is 0.0412. The van der Waals surface area contributed by atoms with Crippen molar-refractivity contribution in [1.29, 1.82) is 0 Å². The zero-order chi connectivity index (χ0) is 11.1. The summed E-state index contributed by atoms with van der Waals surface area (Å²) in [5.74, 6) is -0.0412. The summed E-state index contributed by atoms with van der Waals surface area (Å²) in [6.45, 7) is 4.74. The van der Waals surface area contributed by atoms with Crippen LogP contribution in [0.2, 0.25) is 0 Å². The number of likely N-dealkylation sites (N-methyl/N-ethyl adjacent to an activating group) is 1. The van der Waals surface area contributed by atoms with Crippen LogP contribution in [0.15, 0.2) is 0 Å². The van der Waals surface area contributed by atoms with E-state index in [-0.39, 0.29) is 11.9 Å². The minimum Gasteiger partial charge on any atom is -0.353 e. The van der Waals surface area contributed by atoms with Crippen molar-refractivity contribution < 1.29 is 4.79 Å². The van der Waals surface area contributed by atoms with E-state index >= 15 is 0 Å². The van der Waals surface area contributed by atoms with Crippen LogP contribution in [0.3, 0.4) is 0 Å². The predicted molar refractivity (Wildman–Crippen MR) is 59.0 cm³/mol. The molecular formula is C10H23N3O. The van der Waals surface area contributed by atoms with E-state index in [2.05, 4.69) is 17.1 Å². The third-order valence-electron chi connectivity index (χ3n) is 2.39. The van der Waals surface area contributed by atoms with Gasteiger partial charge in [0.2, 0.25) is 5.91 Å². The van der Waals surface area contributed by atoms with E-state index in [0.717, 1.165) is 12.8 Å². The summed E-state index contributed by atoms with van der Waals surface area (Å²) in [6.07, 6.45) is 1.69. The van der Waals surface area contributed by atoms with Crippen LogP contribution >= 0.6 is 0 Å². The lowest BCUT2D eigenvalue weighted by Crippen LogP contribution is -2.45. The fraction of sp³-hybridized carbons (Fsp3) is 0.900. The maximum atomic E-state index is 11.4. The standard InChI is InChI=1S/C10H23N3O/c1-5-6-9(11)10(14)12-7-8(2)13(3)4/h8-9H,5-7,11H2,1-4H3,(H,12,14)/t8?,9-/m1/s1. The average Bonchev–Trinajstić information content (AvgIpc) is 2.13. The van der Waals surface area contributed by atoms with Gasteiger partial charge in [0.15, 0.2) is 0 Å². The fourth-order valence-corrected chi connectivity index (χ4v) is 1.00. The van der Waals surface area contributed by atoms with Gasteiger partial charge in [0.05, 0.1) is 6.04 Å². The Morgan fingerprint density at radius 1 is 1.50 bits per heavy atom. The first-order chi connectivity index (χ1) is 6.49. The second-order valence-corrected chi connectivity index (χ2v) is 3.95. The molecule has 0 radical (unpaired) electrons. The van der Waals surface area contributed by atoms with Crippen LogP contribution in [0.1, 0.15) is 26.7 Å². The van der Waals surface area contributed by atoms with Crippen LogP contribution in [0.4, 0.5) is 0 Å². The van der Waals surface area contributed by atoms with Gasteiger partial charge in [0.25, 0.3) is 0 Å². The highest BCUT2D eigenvalue weighted by molar-refractivity contribution is 5.81. The van der Waals surface area contributed by atoms with Crippen molar-refractivity contribution in [3.8, 4) is 0 Å². The largest absolute Gasteiger partial charge is 0.353 e. The van der Waals surface area contributed by atoms with Gasteiger partial charge in [-0.15, -0.1) is 0 Å². The van der Waals surface area contributed by atoms with Crippen LogP contribution in [0.25, 0.3) is 0 Å². The first kappa shape index (κ1) is 13.4. The molecule has 0 aliphatic carbocycles. The Bertz CT molecular complexity index is 171. The van der Waals surface area contributed by atoms with Crippen molar-refractivity contribution in [2.75, 3.05) is 20.6 Å². The Labute approximate surface area is 86.8 Å². The summed E-state index contributed by atoms with van der Waals surface area (Å²) in [5, 5.41) is 2.84. The predicted octanol–water partition coefficient (Wildman–Crippen LogP) is 0.180. The lowest BCUT2D eigenvalue weighted by atomic mass is 10.1. The second-order valence-electron chi connectivity index (χ2n) is 3.95.